The zero-order valence-corrected chi connectivity index (χ0v) is 15.6. The van der Waals surface area contributed by atoms with Gasteiger partial charge < -0.3 is 0 Å². The van der Waals surface area contributed by atoms with Crippen LogP contribution in [-0.2, 0) is 19.5 Å². The Hall–Kier alpha value is -2.73. The molecule has 1 aliphatic rings. The van der Waals surface area contributed by atoms with Gasteiger partial charge in [0.15, 0.2) is 5.78 Å². The van der Waals surface area contributed by atoms with Gasteiger partial charge in [0.2, 0.25) is 0 Å². The maximum absolute atomic E-state index is 13.3. The van der Waals surface area contributed by atoms with Crippen LogP contribution in [0.25, 0.3) is 11.0 Å². The maximum Gasteiger partial charge on any atom is 0.332 e. The van der Waals surface area contributed by atoms with Gasteiger partial charge in [-0.25, -0.2) is 9.78 Å². The van der Waals surface area contributed by atoms with E-state index in [1.165, 1.54) is 15.3 Å². The number of carbonyl (C=O) groups is 1. The minimum absolute atomic E-state index is 0.00282. The van der Waals surface area contributed by atoms with Gasteiger partial charge in [-0.3, -0.25) is 18.7 Å². The summed E-state index contributed by atoms with van der Waals surface area (Å²) in [6, 6.07) is 7.12. The quantitative estimate of drug-likeness (QED) is 0.697. The zero-order chi connectivity index (χ0) is 19.1. The third-order valence-electron chi connectivity index (χ3n) is 5.08. The lowest BCUT2D eigenvalue weighted by molar-refractivity contribution is 0.0972. The summed E-state index contributed by atoms with van der Waals surface area (Å²) in [7, 11) is 0. The number of aryl methyl sites for hydroxylation is 2. The Balaban J connectivity index is 2.05. The van der Waals surface area contributed by atoms with Gasteiger partial charge in [-0.05, 0) is 37.0 Å². The summed E-state index contributed by atoms with van der Waals surface area (Å²) in [5.74, 6) is -0.00282. The molecule has 1 aliphatic carbocycles. The number of fused-ring (bicyclic) bond motifs is 3. The van der Waals surface area contributed by atoms with Crippen LogP contribution in [0, 0.1) is 0 Å². The minimum atomic E-state index is -0.426. The van der Waals surface area contributed by atoms with Crippen LogP contribution in [0.3, 0.4) is 0 Å². The topological polar surface area (TPSA) is 74.0 Å². The summed E-state index contributed by atoms with van der Waals surface area (Å²) in [6.07, 6.45) is 3.29. The molecule has 0 spiro atoms. The van der Waals surface area contributed by atoms with E-state index in [1.54, 1.807) is 18.2 Å². The van der Waals surface area contributed by atoms with Gasteiger partial charge in [0, 0.05) is 29.7 Å². The SMILES string of the molecule is CCn1c(=O)n(Cc2ccccc2Cl)c(=O)c2c3c(cnc21)C(=O)CCC3. The number of aromatic nitrogens is 3. The lowest BCUT2D eigenvalue weighted by Gasteiger charge is -2.19. The van der Waals surface area contributed by atoms with Crippen LogP contribution in [0.5, 0.6) is 0 Å². The van der Waals surface area contributed by atoms with E-state index in [4.69, 9.17) is 11.6 Å². The van der Waals surface area contributed by atoms with Gasteiger partial charge >= 0.3 is 5.69 Å². The van der Waals surface area contributed by atoms with Crippen molar-refractivity contribution in [2.75, 3.05) is 0 Å². The van der Waals surface area contributed by atoms with E-state index in [2.05, 4.69) is 4.98 Å². The minimum Gasteiger partial charge on any atom is -0.294 e. The Labute approximate surface area is 160 Å². The van der Waals surface area contributed by atoms with Crippen molar-refractivity contribution in [2.24, 2.45) is 0 Å². The highest BCUT2D eigenvalue weighted by Gasteiger charge is 2.24. The first-order valence-corrected chi connectivity index (χ1v) is 9.32. The van der Waals surface area contributed by atoms with Crippen molar-refractivity contribution in [2.45, 2.75) is 39.3 Å². The first-order chi connectivity index (χ1) is 13.0. The molecule has 3 aromatic rings. The number of hydrogen-bond acceptors (Lipinski definition) is 4. The summed E-state index contributed by atoms with van der Waals surface area (Å²) in [4.78, 5) is 42.8. The third-order valence-corrected chi connectivity index (χ3v) is 5.45. The van der Waals surface area contributed by atoms with Crippen LogP contribution in [0.4, 0.5) is 0 Å². The molecule has 0 amide bonds. The Bertz CT molecular complexity index is 1190. The molecule has 0 unspecified atom stereocenters. The fraction of sp³-hybridized carbons (Fsp3) is 0.300. The third kappa shape index (κ3) is 2.80. The number of ketones is 1. The second-order valence-corrected chi connectivity index (χ2v) is 7.04. The summed E-state index contributed by atoms with van der Waals surface area (Å²) in [5, 5.41) is 0.865. The fourth-order valence-corrected chi connectivity index (χ4v) is 3.90. The van der Waals surface area contributed by atoms with Gasteiger partial charge in [-0.1, -0.05) is 29.8 Å². The molecule has 0 saturated carbocycles. The number of pyridine rings is 1. The predicted octanol–water partition coefficient (Wildman–Crippen LogP) is 2.80. The molecule has 2 aromatic heterocycles. The van der Waals surface area contributed by atoms with Crippen LogP contribution in [0.1, 0.15) is 41.3 Å². The molecular weight excluding hydrogens is 366 g/mol. The van der Waals surface area contributed by atoms with Crippen molar-refractivity contribution in [1.29, 1.82) is 0 Å². The monoisotopic (exact) mass is 383 g/mol. The molecule has 7 heteroatoms. The predicted molar refractivity (Wildman–Crippen MR) is 104 cm³/mol. The molecule has 27 heavy (non-hydrogen) atoms. The van der Waals surface area contributed by atoms with Gasteiger partial charge in [-0.15, -0.1) is 0 Å². The van der Waals surface area contributed by atoms with Crippen molar-refractivity contribution >= 4 is 28.4 Å². The van der Waals surface area contributed by atoms with Crippen LogP contribution in [-0.4, -0.2) is 19.9 Å². The number of nitrogens with zero attached hydrogens (tertiary/aromatic N) is 3. The molecule has 0 bridgehead atoms. The Morgan fingerprint density at radius 3 is 2.63 bits per heavy atom. The highest BCUT2D eigenvalue weighted by atomic mass is 35.5. The normalized spacial score (nSPS) is 13.8. The van der Waals surface area contributed by atoms with Gasteiger partial charge in [0.05, 0.1) is 11.9 Å². The summed E-state index contributed by atoms with van der Waals surface area (Å²) < 4.78 is 2.67. The van der Waals surface area contributed by atoms with E-state index >= 15 is 0 Å². The molecule has 0 fully saturated rings. The molecule has 1 aromatic carbocycles. The lowest BCUT2D eigenvalue weighted by Crippen LogP contribution is -2.41. The first kappa shape index (κ1) is 17.7. The number of hydrogen-bond donors (Lipinski definition) is 0. The van der Waals surface area contributed by atoms with E-state index in [0.717, 1.165) is 0 Å². The molecule has 138 valence electrons. The molecular formula is C20H18ClN3O3. The van der Waals surface area contributed by atoms with E-state index in [0.29, 0.717) is 58.6 Å². The van der Waals surface area contributed by atoms with Gasteiger partial charge in [0.25, 0.3) is 5.56 Å². The van der Waals surface area contributed by atoms with Crippen LogP contribution < -0.4 is 11.2 Å². The Morgan fingerprint density at radius 2 is 1.89 bits per heavy atom. The van der Waals surface area contributed by atoms with E-state index < -0.39 is 11.2 Å². The molecule has 2 heterocycles. The Kier molecular flexibility index (Phi) is 4.44. The molecule has 0 aliphatic heterocycles. The maximum atomic E-state index is 13.3. The highest BCUT2D eigenvalue weighted by Crippen LogP contribution is 2.25. The van der Waals surface area contributed by atoms with Gasteiger partial charge in [0.1, 0.15) is 5.65 Å². The summed E-state index contributed by atoms with van der Waals surface area (Å²) in [6.45, 7) is 2.28. The van der Waals surface area contributed by atoms with Crippen LogP contribution in [0.15, 0.2) is 40.1 Å². The smallest absolute Gasteiger partial charge is 0.294 e. The molecule has 0 N–H and O–H groups in total. The van der Waals surface area contributed by atoms with E-state index in [1.807, 2.05) is 13.0 Å². The molecule has 0 atom stereocenters. The van der Waals surface area contributed by atoms with Crippen molar-refractivity contribution < 1.29 is 4.79 Å². The average molecular weight is 384 g/mol. The van der Waals surface area contributed by atoms with Crippen LogP contribution in [0.2, 0.25) is 5.02 Å². The summed E-state index contributed by atoms with van der Waals surface area (Å²) >= 11 is 6.22. The largest absolute Gasteiger partial charge is 0.332 e. The second kappa shape index (κ2) is 6.78. The van der Waals surface area contributed by atoms with E-state index in [9.17, 15) is 14.4 Å². The standard InChI is InChI=1S/C20H18ClN3O3/c1-2-23-18-17(13-7-5-9-16(25)14(13)10-22-18)19(26)24(20(23)27)11-12-6-3-4-8-15(12)21/h3-4,6,8,10H,2,5,7,9,11H2,1H3. The molecule has 6 nitrogen and oxygen atoms in total. The average Bonchev–Trinajstić information content (AvgIpc) is 2.66. The van der Waals surface area contributed by atoms with Crippen molar-refractivity contribution in [3.63, 3.8) is 0 Å². The number of halogens is 1. The van der Waals surface area contributed by atoms with Crippen LogP contribution >= 0.6 is 11.6 Å². The molecule has 0 saturated heterocycles. The number of Topliss-reactive ketones (excluding diaryl/α,β-unsaturated/α-hetero) is 1. The van der Waals surface area contributed by atoms with Gasteiger partial charge in [-0.2, -0.15) is 0 Å². The van der Waals surface area contributed by atoms with Crippen molar-refractivity contribution in [3.8, 4) is 0 Å². The lowest BCUT2D eigenvalue weighted by atomic mass is 9.90. The highest BCUT2D eigenvalue weighted by molar-refractivity contribution is 6.31. The second-order valence-electron chi connectivity index (χ2n) is 6.64. The number of carbonyl (C=O) groups excluding carboxylic acids is 1. The number of benzene rings is 1. The van der Waals surface area contributed by atoms with Crippen molar-refractivity contribution in [1.82, 2.24) is 14.1 Å². The van der Waals surface area contributed by atoms with E-state index in [-0.39, 0.29) is 12.3 Å². The first-order valence-electron chi connectivity index (χ1n) is 8.94. The zero-order valence-electron chi connectivity index (χ0n) is 14.9. The molecule has 0 radical (unpaired) electrons. The Morgan fingerprint density at radius 1 is 1.11 bits per heavy atom. The fourth-order valence-electron chi connectivity index (χ4n) is 3.71. The summed E-state index contributed by atoms with van der Waals surface area (Å²) in [5.41, 5.74) is 1.39. The number of rotatable bonds is 3. The molecule has 4 rings (SSSR count). The van der Waals surface area contributed by atoms with Crippen molar-refractivity contribution in [3.05, 3.63) is 73.0 Å².